The second-order valence-electron chi connectivity index (χ2n) is 3.90. The van der Waals surface area contributed by atoms with E-state index in [1.807, 2.05) is 12.4 Å². The number of thioether (sulfide) groups is 1. The summed E-state index contributed by atoms with van der Waals surface area (Å²) in [6, 6.07) is 12.9. The van der Waals surface area contributed by atoms with Crippen LogP contribution < -0.4 is 5.32 Å². The van der Waals surface area contributed by atoms with E-state index >= 15 is 0 Å². The Labute approximate surface area is 106 Å². The summed E-state index contributed by atoms with van der Waals surface area (Å²) in [4.78, 5) is 5.34. The van der Waals surface area contributed by atoms with Crippen molar-refractivity contribution in [2.24, 2.45) is 0 Å². The fraction of sp³-hybridized carbons (Fsp3) is 0.214. The maximum absolute atomic E-state index is 4.01. The number of quaternary nitrogens is 1. The molecule has 2 N–H and O–H groups in total. The number of nitrogens with two attached hydrogens (primary N) is 1. The molecule has 17 heavy (non-hydrogen) atoms. The molecule has 2 rings (SSSR count). The van der Waals surface area contributed by atoms with Crippen molar-refractivity contribution >= 4 is 11.8 Å². The van der Waals surface area contributed by atoms with Crippen molar-refractivity contribution in [1.29, 1.82) is 0 Å². The molecule has 1 aromatic heterocycles. The predicted octanol–water partition coefficient (Wildman–Crippen LogP) is 2.07. The molecule has 0 aliphatic rings. The van der Waals surface area contributed by atoms with Gasteiger partial charge >= 0.3 is 0 Å². The van der Waals surface area contributed by atoms with Crippen molar-refractivity contribution in [3.05, 3.63) is 59.9 Å². The minimum absolute atomic E-state index is 1.01. The Kier molecular flexibility index (Phi) is 4.59. The first-order chi connectivity index (χ1) is 8.38. The quantitative estimate of drug-likeness (QED) is 0.817. The number of pyridine rings is 1. The highest BCUT2D eigenvalue weighted by Gasteiger charge is 1.97. The first kappa shape index (κ1) is 12.1. The molecule has 0 atom stereocenters. The molecule has 1 heterocycles. The van der Waals surface area contributed by atoms with Gasteiger partial charge in [0.15, 0.2) is 0 Å². The van der Waals surface area contributed by atoms with Crippen LogP contribution in [0.5, 0.6) is 0 Å². The molecule has 0 saturated carbocycles. The van der Waals surface area contributed by atoms with Crippen molar-refractivity contribution in [3.63, 3.8) is 0 Å². The molecule has 0 spiro atoms. The third-order valence-electron chi connectivity index (χ3n) is 2.67. The Morgan fingerprint density at radius 3 is 2.12 bits per heavy atom. The van der Waals surface area contributed by atoms with Crippen molar-refractivity contribution in [3.8, 4) is 0 Å². The summed E-state index contributed by atoms with van der Waals surface area (Å²) >= 11 is 1.78. The topological polar surface area (TPSA) is 29.5 Å². The molecule has 0 aliphatic heterocycles. The van der Waals surface area contributed by atoms with Gasteiger partial charge in [0.1, 0.15) is 13.1 Å². The normalized spacial score (nSPS) is 10.4. The van der Waals surface area contributed by atoms with Crippen LogP contribution in [0.15, 0.2) is 53.7 Å². The summed E-state index contributed by atoms with van der Waals surface area (Å²) in [5.74, 6) is 0. The molecule has 3 heteroatoms. The third kappa shape index (κ3) is 3.88. The van der Waals surface area contributed by atoms with Gasteiger partial charge in [-0.05, 0) is 30.5 Å². The molecule has 0 fully saturated rings. The SMILES string of the molecule is CSc1ccc(C[NH2+]Cc2ccncc2)cc1. The Bertz CT molecular complexity index is 440. The van der Waals surface area contributed by atoms with Gasteiger partial charge in [-0.25, -0.2) is 0 Å². The lowest BCUT2D eigenvalue weighted by Crippen LogP contribution is -2.80. The lowest BCUT2D eigenvalue weighted by Gasteiger charge is -2.03. The second-order valence-corrected chi connectivity index (χ2v) is 4.78. The minimum Gasteiger partial charge on any atom is -0.339 e. The van der Waals surface area contributed by atoms with Crippen LogP contribution in [-0.4, -0.2) is 11.2 Å². The van der Waals surface area contributed by atoms with Gasteiger partial charge in [0.05, 0.1) is 0 Å². The van der Waals surface area contributed by atoms with E-state index in [-0.39, 0.29) is 0 Å². The maximum atomic E-state index is 4.01. The van der Waals surface area contributed by atoms with Crippen LogP contribution in [0.3, 0.4) is 0 Å². The summed E-state index contributed by atoms with van der Waals surface area (Å²) < 4.78 is 0. The van der Waals surface area contributed by atoms with Crippen LogP contribution in [-0.2, 0) is 13.1 Å². The van der Waals surface area contributed by atoms with Crippen LogP contribution in [0, 0.1) is 0 Å². The first-order valence-electron chi connectivity index (χ1n) is 5.72. The lowest BCUT2D eigenvalue weighted by atomic mass is 10.2. The molecule has 0 radical (unpaired) electrons. The van der Waals surface area contributed by atoms with Gasteiger partial charge in [-0.3, -0.25) is 4.98 Å². The molecule has 88 valence electrons. The largest absolute Gasteiger partial charge is 0.339 e. The monoisotopic (exact) mass is 245 g/mol. The summed E-state index contributed by atoms with van der Waals surface area (Å²) in [6.07, 6.45) is 5.79. The Balaban J connectivity index is 1.82. The van der Waals surface area contributed by atoms with Crippen LogP contribution >= 0.6 is 11.8 Å². The number of hydrogen-bond donors (Lipinski definition) is 1. The highest BCUT2D eigenvalue weighted by Crippen LogP contribution is 2.14. The van der Waals surface area contributed by atoms with E-state index < -0.39 is 0 Å². The minimum atomic E-state index is 1.01. The molecule has 0 aliphatic carbocycles. The van der Waals surface area contributed by atoms with E-state index in [2.05, 4.69) is 53.0 Å². The molecular weight excluding hydrogens is 228 g/mol. The molecule has 0 bridgehead atoms. The van der Waals surface area contributed by atoms with Crippen LogP contribution in [0.2, 0.25) is 0 Å². The van der Waals surface area contributed by atoms with E-state index in [1.54, 1.807) is 11.8 Å². The Morgan fingerprint density at radius 1 is 0.941 bits per heavy atom. The highest BCUT2D eigenvalue weighted by atomic mass is 32.2. The molecule has 1 aromatic carbocycles. The zero-order valence-electron chi connectivity index (χ0n) is 9.97. The predicted molar refractivity (Wildman–Crippen MR) is 71.8 cm³/mol. The van der Waals surface area contributed by atoms with E-state index in [0.29, 0.717) is 0 Å². The molecule has 0 unspecified atom stereocenters. The van der Waals surface area contributed by atoms with E-state index in [4.69, 9.17) is 0 Å². The summed E-state index contributed by atoms with van der Waals surface area (Å²) in [6.45, 7) is 2.03. The second kappa shape index (κ2) is 6.42. The van der Waals surface area contributed by atoms with Gasteiger partial charge in [0.25, 0.3) is 0 Å². The van der Waals surface area contributed by atoms with Gasteiger partial charge < -0.3 is 5.32 Å². The highest BCUT2D eigenvalue weighted by molar-refractivity contribution is 7.98. The van der Waals surface area contributed by atoms with E-state index in [0.717, 1.165) is 13.1 Å². The summed E-state index contributed by atoms with van der Waals surface area (Å²) in [5.41, 5.74) is 2.69. The summed E-state index contributed by atoms with van der Waals surface area (Å²) in [7, 11) is 0. The smallest absolute Gasteiger partial charge is 0.102 e. The zero-order valence-corrected chi connectivity index (χ0v) is 10.8. The average Bonchev–Trinajstić information content (AvgIpc) is 2.41. The number of hydrogen-bond acceptors (Lipinski definition) is 2. The fourth-order valence-electron chi connectivity index (χ4n) is 1.69. The van der Waals surface area contributed by atoms with Gasteiger partial charge in [-0.2, -0.15) is 0 Å². The first-order valence-corrected chi connectivity index (χ1v) is 6.94. The number of rotatable bonds is 5. The third-order valence-corrected chi connectivity index (χ3v) is 3.41. The molecule has 0 saturated heterocycles. The lowest BCUT2D eigenvalue weighted by molar-refractivity contribution is -0.686. The van der Waals surface area contributed by atoms with E-state index in [9.17, 15) is 0 Å². The Morgan fingerprint density at radius 2 is 1.53 bits per heavy atom. The average molecular weight is 245 g/mol. The zero-order chi connectivity index (χ0) is 11.9. The van der Waals surface area contributed by atoms with Gasteiger partial charge in [-0.15, -0.1) is 11.8 Å². The van der Waals surface area contributed by atoms with E-state index in [1.165, 1.54) is 16.0 Å². The maximum Gasteiger partial charge on any atom is 0.102 e. The number of aromatic nitrogens is 1. The number of benzene rings is 1. The molecule has 2 aromatic rings. The van der Waals surface area contributed by atoms with Crippen molar-refractivity contribution in [2.75, 3.05) is 6.26 Å². The van der Waals surface area contributed by atoms with Crippen LogP contribution in [0.25, 0.3) is 0 Å². The molecular formula is C14H17N2S+. The molecule has 2 nitrogen and oxygen atoms in total. The van der Waals surface area contributed by atoms with Gasteiger partial charge in [-0.1, -0.05) is 12.1 Å². The standard InChI is InChI=1S/C14H16N2S/c1-17-14-4-2-12(3-5-14)10-16-11-13-6-8-15-9-7-13/h2-9,16H,10-11H2,1H3/p+1. The van der Waals surface area contributed by atoms with Crippen molar-refractivity contribution in [2.45, 2.75) is 18.0 Å². The van der Waals surface area contributed by atoms with Gasteiger partial charge in [0, 0.05) is 28.4 Å². The van der Waals surface area contributed by atoms with Crippen LogP contribution in [0.1, 0.15) is 11.1 Å². The van der Waals surface area contributed by atoms with Crippen molar-refractivity contribution < 1.29 is 5.32 Å². The number of nitrogens with zero attached hydrogens (tertiary/aromatic N) is 1. The van der Waals surface area contributed by atoms with Gasteiger partial charge in [0.2, 0.25) is 0 Å². The fourth-order valence-corrected chi connectivity index (χ4v) is 2.09. The van der Waals surface area contributed by atoms with Crippen LogP contribution in [0.4, 0.5) is 0 Å². The van der Waals surface area contributed by atoms with Crippen molar-refractivity contribution in [1.82, 2.24) is 4.98 Å². The summed E-state index contributed by atoms with van der Waals surface area (Å²) in [5, 5.41) is 2.31. The Hall–Kier alpha value is -1.32. The molecule has 0 amide bonds.